The van der Waals surface area contributed by atoms with Crippen molar-refractivity contribution in [3.63, 3.8) is 0 Å². The maximum Gasteiger partial charge on any atom is 0.246 e. The molecule has 1 saturated heterocycles. The van der Waals surface area contributed by atoms with Crippen LogP contribution < -0.4 is 15.4 Å². The third kappa shape index (κ3) is 4.21. The molecule has 0 bridgehead atoms. The van der Waals surface area contributed by atoms with Crippen molar-refractivity contribution in [1.29, 1.82) is 0 Å². The van der Waals surface area contributed by atoms with Gasteiger partial charge in [-0.1, -0.05) is 18.0 Å². The predicted molar refractivity (Wildman–Crippen MR) is 98.8 cm³/mol. The minimum atomic E-state index is -3.89. The van der Waals surface area contributed by atoms with Crippen LogP contribution in [0.2, 0.25) is 0 Å². The summed E-state index contributed by atoms with van der Waals surface area (Å²) in [5.41, 5.74) is -0.790. The number of carbonyl (C=O) groups excluding carboxylic acids is 1. The summed E-state index contributed by atoms with van der Waals surface area (Å²) in [6, 6.07) is 0.0438. The number of hydrogen-bond donors (Lipinski definition) is 3. The molecule has 1 aromatic rings. The molecule has 1 aromatic heterocycles. The molecule has 1 atom stereocenters. The van der Waals surface area contributed by atoms with E-state index in [4.69, 9.17) is 4.52 Å². The topological polar surface area (TPSA) is 113 Å². The number of aryl methyl sites for hydroxylation is 2. The quantitative estimate of drug-likeness (QED) is 0.676. The fraction of sp³-hybridized carbons (Fsp3) is 0.750. The van der Waals surface area contributed by atoms with Gasteiger partial charge in [-0.05, 0) is 46.1 Å². The number of halogens is 1. The van der Waals surface area contributed by atoms with Crippen molar-refractivity contribution in [1.82, 2.24) is 20.5 Å². The zero-order valence-corrected chi connectivity index (χ0v) is 16.8. The van der Waals surface area contributed by atoms with Gasteiger partial charge in [0, 0.05) is 12.6 Å². The summed E-state index contributed by atoms with van der Waals surface area (Å²) in [7, 11) is -3.89. The molecule has 148 valence electrons. The van der Waals surface area contributed by atoms with Gasteiger partial charge in [0.05, 0.1) is 0 Å². The molecule has 0 radical (unpaired) electrons. The Kier molecular flexibility index (Phi) is 6.70. The average Bonchev–Trinajstić information content (AvgIpc) is 3.15. The number of piperidine rings is 1. The maximum atomic E-state index is 12.9. The van der Waals surface area contributed by atoms with E-state index >= 15 is 0 Å². The van der Waals surface area contributed by atoms with Crippen LogP contribution in [-0.4, -0.2) is 44.2 Å². The first-order valence-corrected chi connectivity index (χ1v) is 10.3. The lowest BCUT2D eigenvalue weighted by molar-refractivity contribution is -0.127. The lowest BCUT2D eigenvalue weighted by atomic mass is 9.96. The van der Waals surface area contributed by atoms with Gasteiger partial charge >= 0.3 is 0 Å². The van der Waals surface area contributed by atoms with E-state index in [-0.39, 0.29) is 35.0 Å². The summed E-state index contributed by atoms with van der Waals surface area (Å²) < 4.78 is 33.4. The Balaban J connectivity index is 0.00000243. The van der Waals surface area contributed by atoms with Gasteiger partial charge in [-0.15, -0.1) is 12.4 Å². The Morgan fingerprint density at radius 3 is 2.50 bits per heavy atom. The molecule has 26 heavy (non-hydrogen) atoms. The van der Waals surface area contributed by atoms with Crippen molar-refractivity contribution in [2.45, 2.75) is 68.8 Å². The van der Waals surface area contributed by atoms with Gasteiger partial charge in [-0.2, -0.15) is 4.72 Å². The number of aromatic nitrogens is 1. The summed E-state index contributed by atoms with van der Waals surface area (Å²) in [6.07, 6.45) is 4.55. The van der Waals surface area contributed by atoms with Gasteiger partial charge in [0.1, 0.15) is 16.1 Å². The molecule has 1 amide bonds. The summed E-state index contributed by atoms with van der Waals surface area (Å²) in [5.74, 6) is 0.00377. The normalized spacial score (nSPS) is 22.6. The van der Waals surface area contributed by atoms with E-state index in [0.29, 0.717) is 18.5 Å². The fourth-order valence-corrected chi connectivity index (χ4v) is 5.57. The van der Waals surface area contributed by atoms with Crippen LogP contribution in [0, 0.1) is 13.8 Å². The summed E-state index contributed by atoms with van der Waals surface area (Å²) in [4.78, 5) is 13.0. The molecule has 10 heteroatoms. The standard InChI is InChI=1S/C16H26N4O4S.ClH/c1-11-14(12(2)24-19-11)25(22,23)20-16(7-3-4-8-16)15(21)18-13-6-5-9-17-10-13;/h13,17,20H,3-10H2,1-2H3,(H,18,21);1H/t13-;/m0./s1. The van der Waals surface area contributed by atoms with Crippen molar-refractivity contribution < 1.29 is 17.7 Å². The molecule has 8 nitrogen and oxygen atoms in total. The molecule has 3 N–H and O–H groups in total. The highest BCUT2D eigenvalue weighted by molar-refractivity contribution is 7.89. The molecule has 2 heterocycles. The fourth-order valence-electron chi connectivity index (χ4n) is 3.82. The van der Waals surface area contributed by atoms with Crippen molar-refractivity contribution >= 4 is 28.3 Å². The molecular formula is C16H27ClN4O4S. The number of hydrogen-bond acceptors (Lipinski definition) is 6. The number of rotatable bonds is 5. The van der Waals surface area contributed by atoms with Gasteiger partial charge in [-0.3, -0.25) is 4.79 Å². The monoisotopic (exact) mass is 406 g/mol. The minimum absolute atomic E-state index is 0. The number of sulfonamides is 1. The predicted octanol–water partition coefficient (Wildman–Crippen LogP) is 1.17. The smallest absolute Gasteiger partial charge is 0.246 e. The summed E-state index contributed by atoms with van der Waals surface area (Å²) in [6.45, 7) is 4.82. The van der Waals surface area contributed by atoms with Crippen molar-refractivity contribution in [2.24, 2.45) is 0 Å². The lowest BCUT2D eigenvalue weighted by Crippen LogP contribution is -2.60. The highest BCUT2D eigenvalue weighted by atomic mass is 35.5. The number of nitrogens with zero attached hydrogens (tertiary/aromatic N) is 1. The Morgan fingerprint density at radius 1 is 1.27 bits per heavy atom. The molecule has 1 saturated carbocycles. The largest absolute Gasteiger partial charge is 0.360 e. The van der Waals surface area contributed by atoms with Crippen molar-refractivity contribution in [3.8, 4) is 0 Å². The molecule has 0 aromatic carbocycles. The molecule has 1 aliphatic carbocycles. The second kappa shape index (κ2) is 8.24. The van der Waals surface area contributed by atoms with Gasteiger partial charge in [0.2, 0.25) is 15.9 Å². The van der Waals surface area contributed by atoms with Crippen LogP contribution in [-0.2, 0) is 14.8 Å². The van der Waals surface area contributed by atoms with Crippen LogP contribution in [0.5, 0.6) is 0 Å². The SMILES string of the molecule is Cc1noc(C)c1S(=O)(=O)NC1(C(=O)N[C@H]2CCCNC2)CCCC1.Cl. The number of carbonyl (C=O) groups is 1. The van der Waals surface area contributed by atoms with E-state index in [1.807, 2.05) is 0 Å². The first kappa shape index (κ1) is 21.1. The Labute approximate surface area is 160 Å². The van der Waals surface area contributed by atoms with E-state index in [0.717, 1.165) is 38.8 Å². The van der Waals surface area contributed by atoms with E-state index in [1.54, 1.807) is 13.8 Å². The second-order valence-electron chi connectivity index (χ2n) is 7.06. The maximum absolute atomic E-state index is 12.9. The molecule has 0 unspecified atom stereocenters. The minimum Gasteiger partial charge on any atom is -0.360 e. The van der Waals surface area contributed by atoms with Crippen molar-refractivity contribution in [3.05, 3.63) is 11.5 Å². The third-order valence-corrected chi connectivity index (χ3v) is 6.87. The molecule has 3 rings (SSSR count). The first-order chi connectivity index (χ1) is 11.8. The van der Waals surface area contributed by atoms with Crippen LogP contribution in [0.25, 0.3) is 0 Å². The summed E-state index contributed by atoms with van der Waals surface area (Å²) in [5, 5.41) is 10.0. The number of amides is 1. The molecular weight excluding hydrogens is 380 g/mol. The zero-order chi connectivity index (χ0) is 18.1. The van der Waals surface area contributed by atoms with Gasteiger partial charge in [-0.25, -0.2) is 8.42 Å². The van der Waals surface area contributed by atoms with Gasteiger partial charge in [0.15, 0.2) is 5.76 Å². The van der Waals surface area contributed by atoms with Crippen molar-refractivity contribution in [2.75, 3.05) is 13.1 Å². The third-order valence-electron chi connectivity index (χ3n) is 5.09. The number of nitrogens with one attached hydrogen (secondary N) is 3. The van der Waals surface area contributed by atoms with Gasteiger partial charge < -0.3 is 15.2 Å². The summed E-state index contributed by atoms with van der Waals surface area (Å²) >= 11 is 0. The lowest BCUT2D eigenvalue weighted by Gasteiger charge is -2.32. The Hall–Kier alpha value is -1.16. The average molecular weight is 407 g/mol. The Bertz CT molecular complexity index is 718. The van der Waals surface area contributed by atoms with E-state index < -0.39 is 15.6 Å². The zero-order valence-electron chi connectivity index (χ0n) is 15.1. The van der Waals surface area contributed by atoms with Crippen LogP contribution in [0.4, 0.5) is 0 Å². The van der Waals surface area contributed by atoms with Crippen LogP contribution in [0.15, 0.2) is 9.42 Å². The molecule has 2 fully saturated rings. The first-order valence-electron chi connectivity index (χ1n) is 8.83. The van der Waals surface area contributed by atoms with Crippen LogP contribution in [0.1, 0.15) is 50.0 Å². The van der Waals surface area contributed by atoms with Gasteiger partial charge in [0.25, 0.3) is 0 Å². The highest BCUT2D eigenvalue weighted by Crippen LogP contribution is 2.33. The van der Waals surface area contributed by atoms with E-state index in [9.17, 15) is 13.2 Å². The van der Waals surface area contributed by atoms with Crippen LogP contribution >= 0.6 is 12.4 Å². The highest BCUT2D eigenvalue weighted by Gasteiger charge is 2.46. The second-order valence-corrected chi connectivity index (χ2v) is 8.68. The van der Waals surface area contributed by atoms with E-state index in [1.165, 1.54) is 0 Å². The van der Waals surface area contributed by atoms with E-state index in [2.05, 4.69) is 20.5 Å². The Morgan fingerprint density at radius 2 is 1.96 bits per heavy atom. The molecule has 1 aliphatic heterocycles. The molecule has 2 aliphatic rings. The molecule has 0 spiro atoms. The van der Waals surface area contributed by atoms with Crippen LogP contribution in [0.3, 0.4) is 0 Å².